The van der Waals surface area contributed by atoms with E-state index in [4.69, 9.17) is 9.47 Å². The SMILES string of the molecule is CCOc1ccc(NC(=O)NC(C)c2ccc(OC)cc2)cc1. The number of hydrogen-bond donors (Lipinski definition) is 2. The third-order valence-corrected chi connectivity index (χ3v) is 3.39. The van der Waals surface area contributed by atoms with E-state index >= 15 is 0 Å². The second kappa shape index (κ2) is 8.08. The molecule has 0 saturated heterocycles. The third kappa shape index (κ3) is 4.92. The lowest BCUT2D eigenvalue weighted by atomic mass is 10.1. The summed E-state index contributed by atoms with van der Waals surface area (Å²) in [6, 6.07) is 14.5. The van der Waals surface area contributed by atoms with Gasteiger partial charge in [0.2, 0.25) is 0 Å². The molecule has 2 aromatic rings. The smallest absolute Gasteiger partial charge is 0.319 e. The molecule has 122 valence electrons. The summed E-state index contributed by atoms with van der Waals surface area (Å²) in [6.45, 7) is 4.48. The van der Waals surface area contributed by atoms with Gasteiger partial charge in [-0.1, -0.05) is 12.1 Å². The molecule has 0 saturated carbocycles. The van der Waals surface area contributed by atoms with Gasteiger partial charge in [0.15, 0.2) is 0 Å². The van der Waals surface area contributed by atoms with Gasteiger partial charge in [0.05, 0.1) is 19.8 Å². The van der Waals surface area contributed by atoms with E-state index in [1.165, 1.54) is 0 Å². The summed E-state index contributed by atoms with van der Waals surface area (Å²) in [5.41, 5.74) is 1.72. The molecule has 0 aliphatic carbocycles. The number of amides is 2. The first-order valence-electron chi connectivity index (χ1n) is 7.56. The van der Waals surface area contributed by atoms with E-state index in [1.807, 2.05) is 62.4 Å². The number of anilines is 1. The molecule has 0 fully saturated rings. The van der Waals surface area contributed by atoms with E-state index < -0.39 is 0 Å². The minimum atomic E-state index is -0.252. The summed E-state index contributed by atoms with van der Waals surface area (Å²) in [5, 5.41) is 5.70. The van der Waals surface area contributed by atoms with Crippen LogP contribution in [0.5, 0.6) is 11.5 Å². The van der Waals surface area contributed by atoms with E-state index in [0.717, 1.165) is 17.1 Å². The standard InChI is InChI=1S/C18H22N2O3/c1-4-23-17-11-7-15(8-12-17)20-18(21)19-13(2)14-5-9-16(22-3)10-6-14/h5-13H,4H2,1-3H3,(H2,19,20,21). The van der Waals surface area contributed by atoms with Crippen molar-refractivity contribution < 1.29 is 14.3 Å². The average molecular weight is 314 g/mol. The maximum absolute atomic E-state index is 12.1. The van der Waals surface area contributed by atoms with Crippen LogP contribution in [0.2, 0.25) is 0 Å². The number of benzene rings is 2. The molecule has 0 aliphatic rings. The Bertz CT molecular complexity index is 624. The predicted octanol–water partition coefficient (Wildman–Crippen LogP) is 3.98. The van der Waals surface area contributed by atoms with Crippen LogP contribution in [0.15, 0.2) is 48.5 Å². The molecular formula is C18H22N2O3. The fourth-order valence-corrected chi connectivity index (χ4v) is 2.14. The first kappa shape index (κ1) is 16.7. The quantitative estimate of drug-likeness (QED) is 0.848. The van der Waals surface area contributed by atoms with Crippen LogP contribution >= 0.6 is 0 Å². The topological polar surface area (TPSA) is 59.6 Å². The maximum Gasteiger partial charge on any atom is 0.319 e. The van der Waals surface area contributed by atoms with E-state index in [9.17, 15) is 4.79 Å². The number of carbonyl (C=O) groups is 1. The number of rotatable bonds is 6. The molecule has 1 atom stereocenters. The van der Waals surface area contributed by atoms with Gasteiger partial charge in [-0.15, -0.1) is 0 Å². The lowest BCUT2D eigenvalue weighted by Crippen LogP contribution is -2.31. The summed E-state index contributed by atoms with van der Waals surface area (Å²) in [4.78, 5) is 12.1. The molecule has 0 radical (unpaired) electrons. The van der Waals surface area contributed by atoms with Gasteiger partial charge in [0.1, 0.15) is 11.5 Å². The zero-order chi connectivity index (χ0) is 16.7. The fraction of sp³-hybridized carbons (Fsp3) is 0.278. The monoisotopic (exact) mass is 314 g/mol. The third-order valence-electron chi connectivity index (χ3n) is 3.39. The zero-order valence-electron chi connectivity index (χ0n) is 13.6. The fourth-order valence-electron chi connectivity index (χ4n) is 2.14. The number of methoxy groups -OCH3 is 1. The molecule has 0 bridgehead atoms. The molecule has 0 heterocycles. The molecule has 2 N–H and O–H groups in total. The molecule has 2 rings (SSSR count). The molecule has 1 unspecified atom stereocenters. The van der Waals surface area contributed by atoms with Crippen molar-refractivity contribution in [3.05, 3.63) is 54.1 Å². The summed E-state index contributed by atoms with van der Waals surface area (Å²) in [6.07, 6.45) is 0. The van der Waals surface area contributed by atoms with Gasteiger partial charge in [0, 0.05) is 5.69 Å². The lowest BCUT2D eigenvalue weighted by molar-refractivity contribution is 0.249. The highest BCUT2D eigenvalue weighted by Crippen LogP contribution is 2.18. The van der Waals surface area contributed by atoms with Crippen molar-refractivity contribution in [1.29, 1.82) is 0 Å². The normalized spacial score (nSPS) is 11.4. The first-order chi connectivity index (χ1) is 11.1. The summed E-state index contributed by atoms with van der Waals surface area (Å²) in [5.74, 6) is 1.57. The molecule has 5 nitrogen and oxygen atoms in total. The second-order valence-corrected chi connectivity index (χ2v) is 5.05. The Morgan fingerprint density at radius 2 is 1.65 bits per heavy atom. The molecule has 0 spiro atoms. The highest BCUT2D eigenvalue weighted by molar-refractivity contribution is 5.89. The van der Waals surface area contributed by atoms with Crippen molar-refractivity contribution in [3.8, 4) is 11.5 Å². The molecular weight excluding hydrogens is 292 g/mol. The minimum absolute atomic E-state index is 0.108. The van der Waals surface area contributed by atoms with Crippen molar-refractivity contribution in [2.45, 2.75) is 19.9 Å². The highest BCUT2D eigenvalue weighted by atomic mass is 16.5. The number of ether oxygens (including phenoxy) is 2. The zero-order valence-corrected chi connectivity index (χ0v) is 13.6. The predicted molar refractivity (Wildman–Crippen MR) is 91.2 cm³/mol. The first-order valence-corrected chi connectivity index (χ1v) is 7.56. The van der Waals surface area contributed by atoms with Crippen molar-refractivity contribution >= 4 is 11.7 Å². The van der Waals surface area contributed by atoms with Crippen molar-refractivity contribution in [2.24, 2.45) is 0 Å². The van der Waals surface area contributed by atoms with Gasteiger partial charge in [-0.2, -0.15) is 0 Å². The van der Waals surface area contributed by atoms with Gasteiger partial charge in [-0.25, -0.2) is 4.79 Å². The largest absolute Gasteiger partial charge is 0.497 e. The van der Waals surface area contributed by atoms with E-state index in [0.29, 0.717) is 12.3 Å². The lowest BCUT2D eigenvalue weighted by Gasteiger charge is -2.15. The van der Waals surface area contributed by atoms with E-state index in [1.54, 1.807) is 7.11 Å². The number of urea groups is 1. The van der Waals surface area contributed by atoms with Crippen molar-refractivity contribution in [2.75, 3.05) is 19.0 Å². The Hall–Kier alpha value is -2.69. The second-order valence-electron chi connectivity index (χ2n) is 5.05. The van der Waals surface area contributed by atoms with Gasteiger partial charge >= 0.3 is 6.03 Å². The van der Waals surface area contributed by atoms with Crippen molar-refractivity contribution in [3.63, 3.8) is 0 Å². The average Bonchev–Trinajstić information content (AvgIpc) is 2.57. The molecule has 2 aromatic carbocycles. The number of nitrogens with one attached hydrogen (secondary N) is 2. The van der Waals surface area contributed by atoms with Crippen LogP contribution in [0.3, 0.4) is 0 Å². The van der Waals surface area contributed by atoms with Crippen molar-refractivity contribution in [1.82, 2.24) is 5.32 Å². The molecule has 5 heteroatoms. The summed E-state index contributed by atoms with van der Waals surface area (Å²) in [7, 11) is 1.63. The van der Waals surface area contributed by atoms with Crippen LogP contribution in [0.1, 0.15) is 25.5 Å². The van der Waals surface area contributed by atoms with Crippen LogP contribution in [-0.2, 0) is 0 Å². The number of hydrogen-bond acceptors (Lipinski definition) is 3. The van der Waals surface area contributed by atoms with Crippen LogP contribution < -0.4 is 20.1 Å². The Morgan fingerprint density at radius 1 is 1.04 bits per heavy atom. The molecule has 0 aliphatic heterocycles. The Kier molecular flexibility index (Phi) is 5.86. The number of carbonyl (C=O) groups excluding carboxylic acids is 1. The Morgan fingerprint density at radius 3 is 2.22 bits per heavy atom. The molecule has 2 amide bonds. The Balaban J connectivity index is 1.90. The van der Waals surface area contributed by atoms with Gasteiger partial charge in [-0.05, 0) is 55.8 Å². The molecule has 0 aromatic heterocycles. The maximum atomic E-state index is 12.1. The van der Waals surface area contributed by atoms with Crippen LogP contribution in [0.4, 0.5) is 10.5 Å². The highest BCUT2D eigenvalue weighted by Gasteiger charge is 2.09. The van der Waals surface area contributed by atoms with Gasteiger partial charge in [0.25, 0.3) is 0 Å². The summed E-state index contributed by atoms with van der Waals surface area (Å²) < 4.78 is 10.5. The van der Waals surface area contributed by atoms with Crippen LogP contribution in [0, 0.1) is 0 Å². The van der Waals surface area contributed by atoms with E-state index in [-0.39, 0.29) is 12.1 Å². The van der Waals surface area contributed by atoms with Gasteiger partial charge < -0.3 is 20.1 Å². The Labute approximate surface area is 136 Å². The van der Waals surface area contributed by atoms with Gasteiger partial charge in [-0.3, -0.25) is 0 Å². The molecule has 23 heavy (non-hydrogen) atoms. The van der Waals surface area contributed by atoms with Crippen LogP contribution in [0.25, 0.3) is 0 Å². The van der Waals surface area contributed by atoms with Crippen LogP contribution in [-0.4, -0.2) is 19.7 Å². The van der Waals surface area contributed by atoms with E-state index in [2.05, 4.69) is 10.6 Å². The minimum Gasteiger partial charge on any atom is -0.497 e. The summed E-state index contributed by atoms with van der Waals surface area (Å²) >= 11 is 0.